The van der Waals surface area contributed by atoms with Crippen LogP contribution in [-0.4, -0.2) is 27.6 Å². The summed E-state index contributed by atoms with van der Waals surface area (Å²) in [4.78, 5) is 10.7. The van der Waals surface area contributed by atoms with E-state index in [1.54, 1.807) is 12.4 Å². The molecule has 1 saturated heterocycles. The number of aromatic nitrogens is 3. The molecule has 0 aliphatic carbocycles. The molecule has 0 bridgehead atoms. The van der Waals surface area contributed by atoms with Crippen molar-refractivity contribution in [2.24, 2.45) is 0 Å². The van der Waals surface area contributed by atoms with Crippen LogP contribution in [0.25, 0.3) is 11.0 Å². The van der Waals surface area contributed by atoms with E-state index in [1.807, 2.05) is 24.5 Å². The summed E-state index contributed by atoms with van der Waals surface area (Å²) >= 11 is 6.18. The van der Waals surface area contributed by atoms with Crippen molar-refractivity contribution in [2.45, 2.75) is 6.04 Å². The summed E-state index contributed by atoms with van der Waals surface area (Å²) in [7, 11) is 0. The molecule has 1 aliphatic heterocycles. The van der Waals surface area contributed by atoms with Gasteiger partial charge in [0.15, 0.2) is 0 Å². The van der Waals surface area contributed by atoms with Crippen LogP contribution < -0.4 is 4.90 Å². The highest BCUT2D eigenvalue weighted by atomic mass is 35.5. The average molecular weight is 285 g/mol. The van der Waals surface area contributed by atoms with Crippen LogP contribution in [0, 0.1) is 0 Å². The lowest BCUT2D eigenvalue weighted by molar-refractivity contribution is 0.408. The lowest BCUT2D eigenvalue weighted by Crippen LogP contribution is -2.47. The number of fused-ring (bicyclic) bond motifs is 1. The zero-order valence-corrected chi connectivity index (χ0v) is 11.5. The zero-order valence-electron chi connectivity index (χ0n) is 10.8. The molecule has 0 radical (unpaired) electrons. The molecule has 1 aromatic carbocycles. The molecule has 1 fully saturated rings. The van der Waals surface area contributed by atoms with Gasteiger partial charge in [-0.1, -0.05) is 23.7 Å². The molecular weight excluding hydrogens is 272 g/mol. The van der Waals surface area contributed by atoms with Crippen LogP contribution >= 0.6 is 11.6 Å². The summed E-state index contributed by atoms with van der Waals surface area (Å²) in [5, 5.41) is 0.710. The van der Waals surface area contributed by atoms with E-state index in [4.69, 9.17) is 11.6 Å². The molecular formula is C15H13ClN4. The third-order valence-electron chi connectivity index (χ3n) is 3.83. The second kappa shape index (κ2) is 4.49. The second-order valence-electron chi connectivity index (χ2n) is 5.03. The van der Waals surface area contributed by atoms with Crippen molar-refractivity contribution < 1.29 is 0 Å². The molecule has 100 valence electrons. The van der Waals surface area contributed by atoms with Gasteiger partial charge < -0.3 is 9.47 Å². The lowest BCUT2D eigenvalue weighted by Gasteiger charge is -2.42. The smallest absolute Gasteiger partial charge is 0.0962 e. The molecule has 0 atom stereocenters. The largest absolute Gasteiger partial charge is 0.366 e. The summed E-state index contributed by atoms with van der Waals surface area (Å²) in [5.74, 6) is 0. The number of imidazole rings is 1. The van der Waals surface area contributed by atoms with Gasteiger partial charge in [-0.25, -0.2) is 4.98 Å². The van der Waals surface area contributed by atoms with Crippen LogP contribution in [0.5, 0.6) is 0 Å². The number of anilines is 1. The predicted octanol–water partition coefficient (Wildman–Crippen LogP) is 3.15. The van der Waals surface area contributed by atoms with Crippen molar-refractivity contribution in [2.75, 3.05) is 18.0 Å². The molecule has 4 rings (SSSR count). The van der Waals surface area contributed by atoms with E-state index in [1.165, 1.54) is 5.52 Å². The minimum Gasteiger partial charge on any atom is -0.366 e. The Bertz CT molecular complexity index is 761. The van der Waals surface area contributed by atoms with Crippen molar-refractivity contribution in [3.63, 3.8) is 0 Å². The molecule has 0 spiro atoms. The number of hydrogen-bond donors (Lipinski definition) is 0. The first-order valence-electron chi connectivity index (χ1n) is 6.59. The number of hydrogen-bond acceptors (Lipinski definition) is 3. The maximum absolute atomic E-state index is 6.18. The lowest BCUT2D eigenvalue weighted by atomic mass is 10.1. The van der Waals surface area contributed by atoms with Gasteiger partial charge in [0.25, 0.3) is 0 Å². The topological polar surface area (TPSA) is 34.0 Å². The van der Waals surface area contributed by atoms with Gasteiger partial charge in [-0.2, -0.15) is 0 Å². The van der Waals surface area contributed by atoms with E-state index in [0.717, 1.165) is 24.3 Å². The van der Waals surface area contributed by atoms with E-state index in [-0.39, 0.29) is 0 Å². The van der Waals surface area contributed by atoms with Crippen LogP contribution in [0.2, 0.25) is 5.02 Å². The van der Waals surface area contributed by atoms with Crippen LogP contribution in [0.4, 0.5) is 5.69 Å². The first kappa shape index (κ1) is 11.7. The van der Waals surface area contributed by atoms with Gasteiger partial charge in [0, 0.05) is 25.5 Å². The monoisotopic (exact) mass is 284 g/mol. The van der Waals surface area contributed by atoms with E-state index < -0.39 is 0 Å². The summed E-state index contributed by atoms with van der Waals surface area (Å²) in [5.41, 5.74) is 3.30. The number of pyridine rings is 1. The molecule has 4 nitrogen and oxygen atoms in total. The minimum absolute atomic E-state index is 0.451. The highest BCUT2D eigenvalue weighted by Crippen LogP contribution is 2.33. The van der Waals surface area contributed by atoms with Gasteiger partial charge in [-0.15, -0.1) is 0 Å². The standard InChI is InChI=1S/C15H13ClN4/c16-12-7-17-6-5-14(12)19-8-11(9-19)20-10-18-13-3-1-2-4-15(13)20/h1-7,10-11H,8-9H2. The first-order valence-corrected chi connectivity index (χ1v) is 6.97. The number of rotatable bonds is 2. The third kappa shape index (κ3) is 1.76. The molecule has 20 heavy (non-hydrogen) atoms. The van der Waals surface area contributed by atoms with Gasteiger partial charge in [0.2, 0.25) is 0 Å². The molecule has 0 N–H and O–H groups in total. The van der Waals surface area contributed by atoms with Gasteiger partial charge in [0.05, 0.1) is 34.1 Å². The molecule has 0 amide bonds. The second-order valence-corrected chi connectivity index (χ2v) is 5.43. The third-order valence-corrected chi connectivity index (χ3v) is 4.12. The Morgan fingerprint density at radius 1 is 1.15 bits per heavy atom. The van der Waals surface area contributed by atoms with E-state index in [9.17, 15) is 0 Å². The number of benzene rings is 1. The molecule has 0 saturated carbocycles. The Labute approximate surface area is 121 Å². The van der Waals surface area contributed by atoms with Crippen molar-refractivity contribution in [3.8, 4) is 0 Å². The molecule has 2 aromatic heterocycles. The first-order chi connectivity index (χ1) is 9.83. The van der Waals surface area contributed by atoms with Gasteiger partial charge in [0.1, 0.15) is 0 Å². The van der Waals surface area contributed by atoms with Gasteiger partial charge in [-0.3, -0.25) is 4.98 Å². The average Bonchev–Trinajstić information content (AvgIpc) is 2.83. The SMILES string of the molecule is Clc1cnccc1N1CC(n2cnc3ccccc32)C1. The van der Waals surface area contributed by atoms with Crippen molar-refractivity contribution in [3.05, 3.63) is 54.1 Å². The summed E-state index contributed by atoms with van der Waals surface area (Å²) in [6.45, 7) is 1.90. The van der Waals surface area contributed by atoms with Gasteiger partial charge in [-0.05, 0) is 18.2 Å². The van der Waals surface area contributed by atoms with Crippen LogP contribution in [0.3, 0.4) is 0 Å². The summed E-state index contributed by atoms with van der Waals surface area (Å²) in [6.07, 6.45) is 5.40. The maximum Gasteiger partial charge on any atom is 0.0962 e. The van der Waals surface area contributed by atoms with E-state index in [2.05, 4.69) is 31.6 Å². The van der Waals surface area contributed by atoms with Crippen LogP contribution in [0.15, 0.2) is 49.1 Å². The normalized spacial score (nSPS) is 15.6. The quantitative estimate of drug-likeness (QED) is 0.725. The fraction of sp³-hybridized carbons (Fsp3) is 0.200. The van der Waals surface area contributed by atoms with E-state index >= 15 is 0 Å². The van der Waals surface area contributed by atoms with Crippen molar-refractivity contribution in [1.82, 2.24) is 14.5 Å². The highest BCUT2D eigenvalue weighted by molar-refractivity contribution is 6.33. The van der Waals surface area contributed by atoms with Gasteiger partial charge >= 0.3 is 0 Å². The Morgan fingerprint density at radius 2 is 2.00 bits per heavy atom. The predicted molar refractivity (Wildman–Crippen MR) is 80.2 cm³/mol. The summed E-state index contributed by atoms with van der Waals surface area (Å²) < 4.78 is 2.25. The number of nitrogens with zero attached hydrogens (tertiary/aromatic N) is 4. The van der Waals surface area contributed by atoms with Crippen LogP contribution in [-0.2, 0) is 0 Å². The number of para-hydroxylation sites is 2. The van der Waals surface area contributed by atoms with E-state index in [0.29, 0.717) is 11.1 Å². The summed E-state index contributed by atoms with van der Waals surface area (Å²) in [6, 6.07) is 10.6. The molecule has 5 heteroatoms. The Hall–Kier alpha value is -2.07. The Balaban J connectivity index is 1.58. The Morgan fingerprint density at radius 3 is 2.85 bits per heavy atom. The Kier molecular flexibility index (Phi) is 2.63. The van der Waals surface area contributed by atoms with Crippen molar-refractivity contribution >= 4 is 28.3 Å². The van der Waals surface area contributed by atoms with Crippen LogP contribution in [0.1, 0.15) is 6.04 Å². The maximum atomic E-state index is 6.18. The molecule has 0 unspecified atom stereocenters. The fourth-order valence-corrected chi connectivity index (χ4v) is 2.96. The zero-order chi connectivity index (χ0) is 13.5. The van der Waals surface area contributed by atoms with Crippen molar-refractivity contribution in [1.29, 1.82) is 0 Å². The minimum atomic E-state index is 0.451. The molecule has 3 aromatic rings. The molecule has 3 heterocycles. The number of halogens is 1. The molecule has 1 aliphatic rings. The fourth-order valence-electron chi connectivity index (χ4n) is 2.72. The highest BCUT2D eigenvalue weighted by Gasteiger charge is 2.30.